The number of hydrogen-bond acceptors (Lipinski definition) is 5. The Morgan fingerprint density at radius 2 is 1.92 bits per heavy atom. The molecule has 2 aliphatic heterocycles. The molecule has 0 aliphatic carbocycles. The second kappa shape index (κ2) is 7.19. The van der Waals surface area contributed by atoms with Crippen LogP contribution in [0.4, 0.5) is 0 Å². The molecule has 6 nitrogen and oxygen atoms in total. The van der Waals surface area contributed by atoms with Crippen molar-refractivity contribution in [1.82, 2.24) is 19.9 Å². The van der Waals surface area contributed by atoms with Crippen LogP contribution in [0.1, 0.15) is 48.6 Å². The second-order valence-electron chi connectivity index (χ2n) is 7.44. The molecular weight excluding hydrogens is 328 g/mol. The van der Waals surface area contributed by atoms with E-state index < -0.39 is 0 Å². The van der Waals surface area contributed by atoms with Gasteiger partial charge in [0.15, 0.2) is 5.82 Å². The molecule has 1 fully saturated rings. The Bertz CT molecular complexity index is 780. The Morgan fingerprint density at radius 3 is 2.62 bits per heavy atom. The largest absolute Gasteiger partial charge is 0.338 e. The summed E-state index contributed by atoms with van der Waals surface area (Å²) in [5, 5.41) is 3.88. The van der Waals surface area contributed by atoms with E-state index in [1.54, 1.807) is 0 Å². The minimum Gasteiger partial charge on any atom is -0.338 e. The topological polar surface area (TPSA) is 62.5 Å². The van der Waals surface area contributed by atoms with Gasteiger partial charge in [-0.05, 0) is 57.3 Å². The fourth-order valence-electron chi connectivity index (χ4n) is 4.11. The van der Waals surface area contributed by atoms with Crippen molar-refractivity contribution in [1.29, 1.82) is 0 Å². The molecule has 0 saturated carbocycles. The molecule has 6 heteroatoms. The van der Waals surface area contributed by atoms with Crippen molar-refractivity contribution >= 4 is 5.91 Å². The molecule has 1 amide bonds. The quantitative estimate of drug-likeness (QED) is 0.848. The van der Waals surface area contributed by atoms with Crippen molar-refractivity contribution in [2.45, 2.75) is 45.7 Å². The first-order valence-corrected chi connectivity index (χ1v) is 9.51. The van der Waals surface area contributed by atoms with Gasteiger partial charge in [-0.15, -0.1) is 0 Å². The standard InChI is InChI=1S/C20H26N4O2/c1-14(19-21-15(2)22-26-19)23-10-8-17(9-11-23)20(25)24-12-7-16-5-3-4-6-18(16)13-24/h3-6,14,17H,7-13H2,1-2H3/t14-/m1/s1. The van der Waals surface area contributed by atoms with E-state index in [1.165, 1.54) is 11.1 Å². The summed E-state index contributed by atoms with van der Waals surface area (Å²) < 4.78 is 5.30. The summed E-state index contributed by atoms with van der Waals surface area (Å²) in [6, 6.07) is 8.57. The van der Waals surface area contributed by atoms with Crippen LogP contribution in [0.5, 0.6) is 0 Å². The van der Waals surface area contributed by atoms with E-state index in [4.69, 9.17) is 4.52 Å². The number of aryl methyl sites for hydroxylation is 1. The summed E-state index contributed by atoms with van der Waals surface area (Å²) >= 11 is 0. The van der Waals surface area contributed by atoms with Gasteiger partial charge in [-0.3, -0.25) is 9.69 Å². The predicted molar refractivity (Wildman–Crippen MR) is 97.3 cm³/mol. The molecule has 1 aromatic carbocycles. The number of amides is 1. The van der Waals surface area contributed by atoms with Gasteiger partial charge in [0.2, 0.25) is 11.8 Å². The Morgan fingerprint density at radius 1 is 1.19 bits per heavy atom. The van der Waals surface area contributed by atoms with Crippen LogP contribution in [0.25, 0.3) is 0 Å². The lowest BCUT2D eigenvalue weighted by molar-refractivity contribution is -0.138. The third-order valence-corrected chi connectivity index (χ3v) is 5.77. The highest BCUT2D eigenvalue weighted by atomic mass is 16.5. The summed E-state index contributed by atoms with van der Waals surface area (Å²) in [6.45, 7) is 7.31. The number of piperidine rings is 1. The van der Waals surface area contributed by atoms with Gasteiger partial charge in [0.05, 0.1) is 6.04 Å². The fraction of sp³-hybridized carbons (Fsp3) is 0.550. The van der Waals surface area contributed by atoms with Gasteiger partial charge in [0.25, 0.3) is 0 Å². The van der Waals surface area contributed by atoms with Crippen molar-refractivity contribution in [2.24, 2.45) is 5.92 Å². The maximum Gasteiger partial charge on any atom is 0.243 e. The first-order chi connectivity index (χ1) is 12.6. The summed E-state index contributed by atoms with van der Waals surface area (Å²) in [5.41, 5.74) is 2.68. The Hall–Kier alpha value is -2.21. The average Bonchev–Trinajstić information content (AvgIpc) is 3.13. The lowest BCUT2D eigenvalue weighted by Gasteiger charge is -2.37. The maximum absolute atomic E-state index is 13.0. The molecule has 2 aromatic rings. The monoisotopic (exact) mass is 354 g/mol. The summed E-state index contributed by atoms with van der Waals surface area (Å²) in [7, 11) is 0. The van der Waals surface area contributed by atoms with Crippen LogP contribution in [0.3, 0.4) is 0 Å². The number of nitrogens with zero attached hydrogens (tertiary/aromatic N) is 4. The van der Waals surface area contributed by atoms with Crippen LogP contribution in [0.2, 0.25) is 0 Å². The number of carbonyl (C=O) groups excluding carboxylic acids is 1. The summed E-state index contributed by atoms with van der Waals surface area (Å²) in [6.07, 6.45) is 2.76. The minimum atomic E-state index is 0.106. The van der Waals surface area contributed by atoms with Crippen LogP contribution >= 0.6 is 0 Å². The maximum atomic E-state index is 13.0. The third kappa shape index (κ3) is 3.38. The third-order valence-electron chi connectivity index (χ3n) is 5.77. The van der Waals surface area contributed by atoms with E-state index in [2.05, 4.69) is 46.2 Å². The highest BCUT2D eigenvalue weighted by molar-refractivity contribution is 5.79. The van der Waals surface area contributed by atoms with Crippen LogP contribution in [0, 0.1) is 12.8 Å². The zero-order chi connectivity index (χ0) is 18.1. The van der Waals surface area contributed by atoms with Gasteiger partial charge in [-0.25, -0.2) is 0 Å². The molecular formula is C20H26N4O2. The number of benzene rings is 1. The van der Waals surface area contributed by atoms with E-state index in [0.29, 0.717) is 17.6 Å². The van der Waals surface area contributed by atoms with Crippen molar-refractivity contribution in [3.8, 4) is 0 Å². The Kier molecular flexibility index (Phi) is 4.76. The van der Waals surface area contributed by atoms with Gasteiger partial charge in [-0.2, -0.15) is 4.98 Å². The minimum absolute atomic E-state index is 0.106. The molecule has 26 heavy (non-hydrogen) atoms. The van der Waals surface area contributed by atoms with Crippen molar-refractivity contribution in [3.05, 3.63) is 47.1 Å². The molecule has 2 aliphatic rings. The molecule has 0 N–H and O–H groups in total. The molecule has 0 bridgehead atoms. The summed E-state index contributed by atoms with van der Waals surface area (Å²) in [5.74, 6) is 1.79. The molecule has 1 atom stereocenters. The van der Waals surface area contributed by atoms with E-state index in [-0.39, 0.29) is 12.0 Å². The zero-order valence-electron chi connectivity index (χ0n) is 15.5. The lowest BCUT2D eigenvalue weighted by Crippen LogP contribution is -2.44. The van der Waals surface area contributed by atoms with Crippen LogP contribution < -0.4 is 0 Å². The predicted octanol–water partition coefficient (Wildman–Crippen LogP) is 2.74. The van der Waals surface area contributed by atoms with E-state index in [1.807, 2.05) is 11.8 Å². The zero-order valence-corrected chi connectivity index (χ0v) is 15.5. The van der Waals surface area contributed by atoms with E-state index in [9.17, 15) is 4.79 Å². The molecule has 0 spiro atoms. The van der Waals surface area contributed by atoms with Gasteiger partial charge in [0.1, 0.15) is 0 Å². The molecule has 138 valence electrons. The van der Waals surface area contributed by atoms with Crippen molar-refractivity contribution < 1.29 is 9.32 Å². The Labute approximate surface area is 154 Å². The lowest BCUT2D eigenvalue weighted by atomic mass is 9.92. The number of fused-ring (bicyclic) bond motifs is 1. The van der Waals surface area contributed by atoms with Crippen molar-refractivity contribution in [3.63, 3.8) is 0 Å². The second-order valence-corrected chi connectivity index (χ2v) is 7.44. The van der Waals surface area contributed by atoms with Gasteiger partial charge < -0.3 is 9.42 Å². The fourth-order valence-corrected chi connectivity index (χ4v) is 4.11. The normalized spacial score (nSPS) is 20.0. The van der Waals surface area contributed by atoms with Crippen LogP contribution in [0.15, 0.2) is 28.8 Å². The molecule has 4 rings (SSSR count). The smallest absolute Gasteiger partial charge is 0.243 e. The Balaban J connectivity index is 1.34. The van der Waals surface area contributed by atoms with E-state index in [0.717, 1.165) is 45.4 Å². The van der Waals surface area contributed by atoms with Gasteiger partial charge in [-0.1, -0.05) is 29.4 Å². The van der Waals surface area contributed by atoms with Crippen LogP contribution in [-0.4, -0.2) is 45.5 Å². The highest BCUT2D eigenvalue weighted by Crippen LogP contribution is 2.28. The summed E-state index contributed by atoms with van der Waals surface area (Å²) in [4.78, 5) is 21.7. The van der Waals surface area contributed by atoms with Crippen LogP contribution in [-0.2, 0) is 17.8 Å². The molecule has 3 heterocycles. The average molecular weight is 354 g/mol. The van der Waals surface area contributed by atoms with E-state index >= 15 is 0 Å². The SMILES string of the molecule is Cc1noc([C@@H](C)N2CCC(C(=O)N3CCc4ccccc4C3)CC2)n1. The number of carbonyl (C=O) groups is 1. The molecule has 1 saturated heterocycles. The number of hydrogen-bond donors (Lipinski definition) is 0. The number of rotatable bonds is 3. The van der Waals surface area contributed by atoms with Gasteiger partial charge in [0, 0.05) is 19.0 Å². The van der Waals surface area contributed by atoms with Crippen molar-refractivity contribution in [2.75, 3.05) is 19.6 Å². The number of likely N-dealkylation sites (tertiary alicyclic amines) is 1. The first kappa shape index (κ1) is 17.2. The molecule has 1 aromatic heterocycles. The highest BCUT2D eigenvalue weighted by Gasteiger charge is 2.32. The number of aromatic nitrogens is 2. The van der Waals surface area contributed by atoms with Gasteiger partial charge >= 0.3 is 0 Å². The molecule has 0 unspecified atom stereocenters. The first-order valence-electron chi connectivity index (χ1n) is 9.51. The molecule has 0 radical (unpaired) electrons.